The van der Waals surface area contributed by atoms with Gasteiger partial charge in [0, 0.05) is 25.3 Å². The van der Waals surface area contributed by atoms with E-state index in [2.05, 4.69) is 10.2 Å². The minimum absolute atomic E-state index is 0.0201. The Morgan fingerprint density at radius 2 is 1.58 bits per heavy atom. The topological polar surface area (TPSA) is 73.0 Å². The van der Waals surface area contributed by atoms with Gasteiger partial charge in [-0.2, -0.15) is 0 Å². The summed E-state index contributed by atoms with van der Waals surface area (Å²) in [7, 11) is 0. The van der Waals surface area contributed by atoms with Gasteiger partial charge < -0.3 is 20.0 Å². The Bertz CT molecular complexity index is 1050. The highest BCUT2D eigenvalue weighted by Gasteiger charge is 2.54. The summed E-state index contributed by atoms with van der Waals surface area (Å²) < 4.78 is 0. The van der Waals surface area contributed by atoms with Gasteiger partial charge in [-0.15, -0.1) is 0 Å². The lowest BCUT2D eigenvalue weighted by atomic mass is 9.84. The number of carbonyl (C=O) groups is 3. The van der Waals surface area contributed by atoms with Gasteiger partial charge in [-0.1, -0.05) is 69.3 Å². The van der Waals surface area contributed by atoms with E-state index in [9.17, 15) is 14.4 Å². The summed E-state index contributed by atoms with van der Waals surface area (Å²) in [6.45, 7) is 8.17. The maximum absolute atomic E-state index is 13.8. The van der Waals surface area contributed by atoms with Gasteiger partial charge in [-0.05, 0) is 42.9 Å². The van der Waals surface area contributed by atoms with E-state index in [1.807, 2.05) is 86.3 Å². The average Bonchev–Trinajstić information content (AvgIpc) is 3.15. The van der Waals surface area contributed by atoms with E-state index in [-0.39, 0.29) is 30.2 Å². The summed E-state index contributed by atoms with van der Waals surface area (Å²) in [5, 5.41) is 2.93. The van der Waals surface area contributed by atoms with E-state index >= 15 is 0 Å². The molecule has 3 amide bonds. The van der Waals surface area contributed by atoms with Crippen molar-refractivity contribution in [3.05, 3.63) is 66.2 Å². The second-order valence-corrected chi connectivity index (χ2v) is 10.3. The van der Waals surface area contributed by atoms with Crippen LogP contribution in [0.4, 0.5) is 5.69 Å². The number of likely N-dealkylation sites (tertiary alicyclic amines) is 1. The lowest BCUT2D eigenvalue weighted by molar-refractivity contribution is -0.140. The Morgan fingerprint density at radius 1 is 0.972 bits per heavy atom. The second kappa shape index (κ2) is 11.1. The van der Waals surface area contributed by atoms with Crippen LogP contribution in [0.1, 0.15) is 51.5 Å². The summed E-state index contributed by atoms with van der Waals surface area (Å²) in [4.78, 5) is 45.6. The lowest BCUT2D eigenvalue weighted by Crippen LogP contribution is -2.58. The van der Waals surface area contributed by atoms with Gasteiger partial charge in [-0.25, -0.2) is 0 Å². The molecule has 0 aromatic heterocycles. The zero-order valence-corrected chi connectivity index (χ0v) is 21.7. The highest BCUT2D eigenvalue weighted by Crippen LogP contribution is 2.40. The summed E-state index contributed by atoms with van der Waals surface area (Å²) >= 11 is 0. The van der Waals surface area contributed by atoms with Crippen molar-refractivity contribution in [1.82, 2.24) is 15.1 Å². The first-order valence-corrected chi connectivity index (χ1v) is 13.1. The van der Waals surface area contributed by atoms with Crippen LogP contribution in [0.5, 0.6) is 0 Å². The highest BCUT2D eigenvalue weighted by atomic mass is 16.2. The maximum atomic E-state index is 13.8. The van der Waals surface area contributed by atoms with Crippen molar-refractivity contribution in [3.8, 4) is 0 Å². The minimum Gasteiger partial charge on any atom is -0.354 e. The number of rotatable bonds is 8. The number of carbonyl (C=O) groups excluding carboxylic acids is 3. The summed E-state index contributed by atoms with van der Waals surface area (Å²) in [6, 6.07) is 19.8. The molecule has 2 aromatic rings. The van der Waals surface area contributed by atoms with Gasteiger partial charge in [0.2, 0.25) is 11.8 Å². The highest BCUT2D eigenvalue weighted by molar-refractivity contribution is 5.96. The fraction of sp³-hybridized carbons (Fsp3) is 0.483. The van der Waals surface area contributed by atoms with Crippen LogP contribution in [-0.2, 0) is 14.4 Å². The predicted octanol–water partition coefficient (Wildman–Crippen LogP) is 3.62. The molecule has 36 heavy (non-hydrogen) atoms. The lowest BCUT2D eigenvalue weighted by Gasteiger charge is -2.44. The van der Waals surface area contributed by atoms with Crippen LogP contribution in [0.25, 0.3) is 0 Å². The van der Waals surface area contributed by atoms with Gasteiger partial charge in [-0.3, -0.25) is 14.4 Å². The fourth-order valence-corrected chi connectivity index (χ4v) is 5.43. The third-order valence-corrected chi connectivity index (χ3v) is 7.43. The smallest absolute Gasteiger partial charge is 0.250 e. The minimum atomic E-state index is -0.745. The molecule has 0 saturated carbocycles. The summed E-state index contributed by atoms with van der Waals surface area (Å²) in [5.74, 6) is 0.141. The van der Waals surface area contributed by atoms with E-state index in [4.69, 9.17) is 0 Å². The summed E-state index contributed by atoms with van der Waals surface area (Å²) in [6.07, 6.45) is 1.82. The number of amides is 3. The largest absolute Gasteiger partial charge is 0.354 e. The van der Waals surface area contributed by atoms with E-state index in [0.29, 0.717) is 45.1 Å². The molecular weight excluding hydrogens is 452 g/mol. The SMILES string of the molecule is CC[C@@H](C(=O)N1CCC2(CC1)C(=O)N(CC(=O)NCC(C)C)CN2c1ccccc1)c1ccccc1. The van der Waals surface area contributed by atoms with Crippen LogP contribution in [0, 0.1) is 5.92 Å². The Kier molecular flexibility index (Phi) is 7.97. The standard InChI is InChI=1S/C29H38N4O3/c1-4-25(23-11-7-5-8-12-23)27(35)31-17-15-29(16-18-31)28(36)32(20-26(34)30-19-22(2)3)21-33(29)24-13-9-6-10-14-24/h5-14,22,25H,4,15-21H2,1-3H3,(H,30,34)/t25-/m1/s1. The molecule has 0 bridgehead atoms. The van der Waals surface area contributed by atoms with Gasteiger partial charge in [0.25, 0.3) is 5.91 Å². The Morgan fingerprint density at radius 3 is 2.17 bits per heavy atom. The zero-order chi connectivity index (χ0) is 25.7. The molecule has 192 valence electrons. The number of piperidine rings is 1. The molecule has 1 atom stereocenters. The van der Waals surface area contributed by atoms with E-state index in [1.54, 1.807) is 4.90 Å². The van der Waals surface area contributed by atoms with E-state index in [0.717, 1.165) is 17.7 Å². The molecule has 1 N–H and O–H groups in total. The van der Waals surface area contributed by atoms with Gasteiger partial charge in [0.15, 0.2) is 0 Å². The quantitative estimate of drug-likeness (QED) is 0.614. The fourth-order valence-electron chi connectivity index (χ4n) is 5.43. The molecule has 7 heteroatoms. The molecule has 2 aliphatic rings. The van der Waals surface area contributed by atoms with Crippen molar-refractivity contribution >= 4 is 23.4 Å². The third kappa shape index (κ3) is 5.25. The third-order valence-electron chi connectivity index (χ3n) is 7.43. The monoisotopic (exact) mass is 490 g/mol. The number of para-hydroxylation sites is 1. The molecule has 2 aromatic carbocycles. The van der Waals surface area contributed by atoms with E-state index in [1.165, 1.54) is 0 Å². The number of anilines is 1. The molecule has 2 aliphatic heterocycles. The zero-order valence-electron chi connectivity index (χ0n) is 21.7. The van der Waals surface area contributed by atoms with Crippen LogP contribution < -0.4 is 10.2 Å². The Labute approximate surface area is 214 Å². The molecule has 2 heterocycles. The van der Waals surface area contributed by atoms with Gasteiger partial charge in [0.05, 0.1) is 12.6 Å². The van der Waals surface area contributed by atoms with Crippen LogP contribution in [0.2, 0.25) is 0 Å². The molecule has 2 fully saturated rings. The van der Waals surface area contributed by atoms with Crippen LogP contribution >= 0.6 is 0 Å². The molecule has 0 aliphatic carbocycles. The van der Waals surface area contributed by atoms with Crippen LogP contribution in [0.15, 0.2) is 60.7 Å². The first-order valence-electron chi connectivity index (χ1n) is 13.1. The predicted molar refractivity (Wildman–Crippen MR) is 141 cm³/mol. The van der Waals surface area contributed by atoms with Crippen molar-refractivity contribution < 1.29 is 14.4 Å². The summed E-state index contributed by atoms with van der Waals surface area (Å²) in [5.41, 5.74) is 1.25. The molecule has 0 unspecified atom stereocenters. The van der Waals surface area contributed by atoms with Crippen LogP contribution in [-0.4, -0.2) is 65.9 Å². The molecule has 2 saturated heterocycles. The van der Waals surface area contributed by atoms with Crippen LogP contribution in [0.3, 0.4) is 0 Å². The molecule has 4 rings (SSSR count). The number of hydrogen-bond acceptors (Lipinski definition) is 4. The average molecular weight is 491 g/mol. The molecule has 0 radical (unpaired) electrons. The number of benzene rings is 2. The first kappa shape index (κ1) is 25.7. The van der Waals surface area contributed by atoms with Crippen molar-refractivity contribution in [1.29, 1.82) is 0 Å². The first-order chi connectivity index (χ1) is 17.4. The normalized spacial score (nSPS) is 18.1. The van der Waals surface area contributed by atoms with E-state index < -0.39 is 5.54 Å². The van der Waals surface area contributed by atoms with Crippen molar-refractivity contribution in [2.24, 2.45) is 5.92 Å². The molecular formula is C29H38N4O3. The van der Waals surface area contributed by atoms with Crippen molar-refractivity contribution in [2.45, 2.75) is 51.5 Å². The Hall–Kier alpha value is -3.35. The van der Waals surface area contributed by atoms with Gasteiger partial charge in [0.1, 0.15) is 12.1 Å². The molecule has 7 nitrogen and oxygen atoms in total. The Balaban J connectivity index is 1.51. The van der Waals surface area contributed by atoms with Crippen molar-refractivity contribution in [3.63, 3.8) is 0 Å². The number of nitrogens with zero attached hydrogens (tertiary/aromatic N) is 3. The second-order valence-electron chi connectivity index (χ2n) is 10.3. The van der Waals surface area contributed by atoms with Crippen molar-refractivity contribution in [2.75, 3.05) is 37.7 Å². The number of nitrogens with one attached hydrogen (secondary N) is 1. The molecule has 1 spiro atoms. The van der Waals surface area contributed by atoms with Gasteiger partial charge >= 0.3 is 0 Å². The number of hydrogen-bond donors (Lipinski definition) is 1. The maximum Gasteiger partial charge on any atom is 0.250 e.